The minimum absolute atomic E-state index is 0.0174. The molecular formula is C20H18N4O5S. The number of imide groups is 1. The molecule has 30 heavy (non-hydrogen) atoms. The predicted octanol–water partition coefficient (Wildman–Crippen LogP) is 3.04. The number of carbonyl (C=O) groups is 3. The van der Waals surface area contributed by atoms with Crippen LogP contribution in [0.2, 0.25) is 0 Å². The number of benzene rings is 1. The molecule has 2 aromatic rings. The molecule has 0 saturated carbocycles. The Hall–Kier alpha value is -3.40. The lowest BCUT2D eigenvalue weighted by molar-refractivity contribution is -0.384. The van der Waals surface area contributed by atoms with Gasteiger partial charge in [0.1, 0.15) is 6.54 Å². The summed E-state index contributed by atoms with van der Waals surface area (Å²) < 4.78 is 1.76. The van der Waals surface area contributed by atoms with Gasteiger partial charge in [-0.1, -0.05) is 0 Å². The van der Waals surface area contributed by atoms with Crippen molar-refractivity contribution in [2.24, 2.45) is 0 Å². The Balaban J connectivity index is 1.53. The highest BCUT2D eigenvalue weighted by Crippen LogP contribution is 2.33. The number of hydrogen-bond acceptors (Lipinski definition) is 6. The number of non-ortho nitro benzene ring substituents is 1. The van der Waals surface area contributed by atoms with Crippen molar-refractivity contribution in [1.29, 1.82) is 0 Å². The van der Waals surface area contributed by atoms with Crippen molar-refractivity contribution in [2.45, 2.75) is 12.8 Å². The zero-order valence-corrected chi connectivity index (χ0v) is 16.7. The SMILES string of the molecule is O=C(CN1C(=O)S/C(=C/c2cccn2-c2ccc([N+](=O)[O-])cc2)C1=O)N1CCCC1. The van der Waals surface area contributed by atoms with Crippen LogP contribution < -0.4 is 0 Å². The molecule has 2 aliphatic rings. The second kappa shape index (κ2) is 8.15. The van der Waals surface area contributed by atoms with Gasteiger partial charge in [0.05, 0.1) is 9.83 Å². The molecule has 3 amide bonds. The fraction of sp³-hybridized carbons (Fsp3) is 0.250. The summed E-state index contributed by atoms with van der Waals surface area (Å²) in [6, 6.07) is 9.55. The van der Waals surface area contributed by atoms with Crippen LogP contribution in [0.4, 0.5) is 10.5 Å². The molecule has 0 radical (unpaired) electrons. The molecule has 0 aliphatic carbocycles. The van der Waals surface area contributed by atoms with Gasteiger partial charge in [-0.05, 0) is 54.9 Å². The lowest BCUT2D eigenvalue weighted by Gasteiger charge is -2.18. The van der Waals surface area contributed by atoms with Crippen molar-refractivity contribution in [3.05, 3.63) is 63.3 Å². The normalized spacial score (nSPS) is 17.9. The van der Waals surface area contributed by atoms with E-state index in [0.29, 0.717) is 24.5 Å². The van der Waals surface area contributed by atoms with Crippen molar-refractivity contribution >= 4 is 40.6 Å². The van der Waals surface area contributed by atoms with Gasteiger partial charge in [0.25, 0.3) is 16.8 Å². The fourth-order valence-electron chi connectivity index (χ4n) is 3.45. The molecule has 10 heteroatoms. The van der Waals surface area contributed by atoms with E-state index in [0.717, 1.165) is 29.5 Å². The van der Waals surface area contributed by atoms with Crippen LogP contribution in [0.3, 0.4) is 0 Å². The summed E-state index contributed by atoms with van der Waals surface area (Å²) in [4.78, 5) is 50.6. The van der Waals surface area contributed by atoms with E-state index in [-0.39, 0.29) is 23.0 Å². The zero-order valence-electron chi connectivity index (χ0n) is 15.9. The molecule has 2 saturated heterocycles. The van der Waals surface area contributed by atoms with Gasteiger partial charge in [0, 0.05) is 42.8 Å². The van der Waals surface area contributed by atoms with Gasteiger partial charge in [0.15, 0.2) is 0 Å². The highest BCUT2D eigenvalue weighted by Gasteiger charge is 2.37. The maximum absolute atomic E-state index is 12.7. The third-order valence-corrected chi connectivity index (χ3v) is 5.93. The number of hydrogen-bond donors (Lipinski definition) is 0. The summed E-state index contributed by atoms with van der Waals surface area (Å²) in [6.07, 6.45) is 5.22. The van der Waals surface area contributed by atoms with Gasteiger partial charge in [0.2, 0.25) is 5.91 Å². The van der Waals surface area contributed by atoms with Crippen LogP contribution in [0.1, 0.15) is 18.5 Å². The number of likely N-dealkylation sites (tertiary alicyclic amines) is 1. The number of amides is 3. The Bertz CT molecular complexity index is 1050. The third-order valence-electron chi connectivity index (χ3n) is 5.02. The molecule has 0 atom stereocenters. The Morgan fingerprint density at radius 3 is 2.50 bits per heavy atom. The zero-order chi connectivity index (χ0) is 21.3. The van der Waals surface area contributed by atoms with E-state index < -0.39 is 16.1 Å². The van der Waals surface area contributed by atoms with E-state index in [1.807, 2.05) is 0 Å². The molecule has 2 aliphatic heterocycles. The van der Waals surface area contributed by atoms with E-state index in [2.05, 4.69) is 0 Å². The molecule has 154 valence electrons. The lowest BCUT2D eigenvalue weighted by Crippen LogP contribution is -2.40. The largest absolute Gasteiger partial charge is 0.341 e. The molecule has 2 fully saturated rings. The van der Waals surface area contributed by atoms with E-state index in [1.54, 1.807) is 46.0 Å². The standard InChI is InChI=1S/C20H18N4O5S/c25-18(21-9-1-2-10-21)13-23-19(26)17(30-20(23)27)12-16-4-3-11-22(16)14-5-7-15(8-6-14)24(28)29/h3-8,11-12H,1-2,9-10,13H2/b17-12+. The molecule has 9 nitrogen and oxygen atoms in total. The first-order chi connectivity index (χ1) is 14.4. The first-order valence-corrected chi connectivity index (χ1v) is 10.2. The summed E-state index contributed by atoms with van der Waals surface area (Å²) in [5, 5.41) is 10.4. The maximum Gasteiger partial charge on any atom is 0.294 e. The monoisotopic (exact) mass is 426 g/mol. The quantitative estimate of drug-likeness (QED) is 0.413. The summed E-state index contributed by atoms with van der Waals surface area (Å²) in [5.74, 6) is -0.709. The first kappa shape index (κ1) is 19.9. The van der Waals surface area contributed by atoms with Gasteiger partial charge in [-0.3, -0.25) is 29.4 Å². The Kier molecular flexibility index (Phi) is 5.40. The van der Waals surface area contributed by atoms with Crippen molar-refractivity contribution in [1.82, 2.24) is 14.4 Å². The van der Waals surface area contributed by atoms with Crippen molar-refractivity contribution in [3.8, 4) is 5.69 Å². The molecule has 4 rings (SSSR count). The summed E-state index contributed by atoms with van der Waals surface area (Å²) in [5.41, 5.74) is 1.30. The van der Waals surface area contributed by atoms with Crippen LogP contribution in [0, 0.1) is 10.1 Å². The van der Waals surface area contributed by atoms with Crippen molar-refractivity contribution in [2.75, 3.05) is 19.6 Å². The van der Waals surface area contributed by atoms with Crippen LogP contribution in [-0.4, -0.2) is 56.0 Å². The minimum Gasteiger partial charge on any atom is -0.341 e. The topological polar surface area (TPSA) is 106 Å². The summed E-state index contributed by atoms with van der Waals surface area (Å²) in [6.45, 7) is 1.08. The number of nitrogens with zero attached hydrogens (tertiary/aromatic N) is 4. The van der Waals surface area contributed by atoms with Crippen LogP contribution in [0.15, 0.2) is 47.5 Å². The van der Waals surface area contributed by atoms with E-state index in [4.69, 9.17) is 0 Å². The Labute approximate surface area is 176 Å². The Morgan fingerprint density at radius 1 is 1.13 bits per heavy atom. The number of rotatable bonds is 5. The highest BCUT2D eigenvalue weighted by molar-refractivity contribution is 8.18. The minimum atomic E-state index is -0.492. The molecular weight excluding hydrogens is 408 g/mol. The average Bonchev–Trinajstić information content (AvgIpc) is 3.47. The average molecular weight is 426 g/mol. The number of nitro benzene ring substituents is 1. The van der Waals surface area contributed by atoms with Gasteiger partial charge < -0.3 is 9.47 Å². The number of nitro groups is 1. The first-order valence-electron chi connectivity index (χ1n) is 9.39. The highest BCUT2D eigenvalue weighted by atomic mass is 32.2. The van der Waals surface area contributed by atoms with E-state index in [1.165, 1.54) is 12.1 Å². The second-order valence-corrected chi connectivity index (χ2v) is 7.93. The number of aromatic nitrogens is 1. The van der Waals surface area contributed by atoms with E-state index in [9.17, 15) is 24.5 Å². The molecule has 3 heterocycles. The van der Waals surface area contributed by atoms with Gasteiger partial charge in [-0.2, -0.15) is 0 Å². The van der Waals surface area contributed by atoms with Crippen LogP contribution in [0.5, 0.6) is 0 Å². The predicted molar refractivity (Wildman–Crippen MR) is 111 cm³/mol. The van der Waals surface area contributed by atoms with Crippen LogP contribution in [0.25, 0.3) is 11.8 Å². The molecule has 0 N–H and O–H groups in total. The van der Waals surface area contributed by atoms with Gasteiger partial charge in [-0.25, -0.2) is 0 Å². The molecule has 0 unspecified atom stereocenters. The van der Waals surface area contributed by atoms with Gasteiger partial charge in [-0.15, -0.1) is 0 Å². The number of carbonyl (C=O) groups excluding carboxylic acids is 3. The molecule has 1 aromatic heterocycles. The van der Waals surface area contributed by atoms with E-state index >= 15 is 0 Å². The molecule has 0 bridgehead atoms. The van der Waals surface area contributed by atoms with Gasteiger partial charge >= 0.3 is 0 Å². The second-order valence-electron chi connectivity index (χ2n) is 6.93. The molecule has 1 aromatic carbocycles. The van der Waals surface area contributed by atoms with Crippen molar-refractivity contribution in [3.63, 3.8) is 0 Å². The lowest BCUT2D eigenvalue weighted by atomic mass is 10.2. The van der Waals surface area contributed by atoms with Crippen molar-refractivity contribution < 1.29 is 19.3 Å². The smallest absolute Gasteiger partial charge is 0.294 e. The Morgan fingerprint density at radius 2 is 1.83 bits per heavy atom. The van der Waals surface area contributed by atoms with Crippen LogP contribution in [-0.2, 0) is 9.59 Å². The molecule has 0 spiro atoms. The fourth-order valence-corrected chi connectivity index (χ4v) is 4.28. The summed E-state index contributed by atoms with van der Waals surface area (Å²) >= 11 is 0.800. The van der Waals surface area contributed by atoms with Crippen LogP contribution >= 0.6 is 11.8 Å². The number of thioether (sulfide) groups is 1. The third kappa shape index (κ3) is 3.86. The maximum atomic E-state index is 12.7. The summed E-state index contributed by atoms with van der Waals surface area (Å²) in [7, 11) is 0.